The molecule has 0 aliphatic rings. The first-order chi connectivity index (χ1) is 7.44. The molecule has 0 bridgehead atoms. The molecule has 0 aliphatic heterocycles. The molecule has 0 saturated heterocycles. The normalized spacial score (nSPS) is 11.2. The molecule has 0 radical (unpaired) electrons. The van der Waals surface area contributed by atoms with E-state index in [1.807, 2.05) is 0 Å². The second-order valence-corrected chi connectivity index (χ2v) is 4.14. The molecule has 0 unspecified atom stereocenters. The average Bonchev–Trinajstić information content (AvgIpc) is 2.17. The van der Waals surface area contributed by atoms with E-state index in [1.54, 1.807) is 28.7 Å². The Bertz CT molecular complexity index is 377. The van der Waals surface area contributed by atoms with E-state index < -0.39 is 6.36 Å². The SMILES string of the molecule is O=CCCc1cccc(I)c1OC(F)(F)F. The summed E-state index contributed by atoms with van der Waals surface area (Å²) in [6.07, 6.45) is -3.63. The van der Waals surface area contributed by atoms with Gasteiger partial charge in [0.2, 0.25) is 0 Å². The van der Waals surface area contributed by atoms with Crippen molar-refractivity contribution >= 4 is 28.9 Å². The van der Waals surface area contributed by atoms with Gasteiger partial charge in [-0.1, -0.05) is 12.1 Å². The molecule has 0 aromatic heterocycles. The molecular formula is C10H8F3IO2. The molecular weight excluding hydrogens is 336 g/mol. The Kier molecular flexibility index (Phi) is 4.57. The molecule has 0 fully saturated rings. The van der Waals surface area contributed by atoms with Crippen LogP contribution in [0.4, 0.5) is 13.2 Å². The molecule has 0 amide bonds. The zero-order valence-electron chi connectivity index (χ0n) is 8.05. The van der Waals surface area contributed by atoms with Gasteiger partial charge in [0.15, 0.2) is 0 Å². The smallest absolute Gasteiger partial charge is 0.404 e. The first-order valence-corrected chi connectivity index (χ1v) is 5.48. The molecule has 0 atom stereocenters. The van der Waals surface area contributed by atoms with Crippen LogP contribution in [0.3, 0.4) is 0 Å². The Hall–Kier alpha value is -0.790. The number of para-hydroxylation sites is 1. The minimum atomic E-state index is -4.71. The van der Waals surface area contributed by atoms with E-state index >= 15 is 0 Å². The van der Waals surface area contributed by atoms with E-state index in [2.05, 4.69) is 4.74 Å². The van der Waals surface area contributed by atoms with Crippen molar-refractivity contribution in [2.75, 3.05) is 0 Å². The number of rotatable bonds is 4. The first kappa shape index (κ1) is 13.3. The van der Waals surface area contributed by atoms with Crippen molar-refractivity contribution < 1.29 is 22.7 Å². The summed E-state index contributed by atoms with van der Waals surface area (Å²) in [4.78, 5) is 10.2. The van der Waals surface area contributed by atoms with Crippen molar-refractivity contribution in [1.29, 1.82) is 0 Å². The predicted octanol–water partition coefficient (Wildman–Crippen LogP) is 3.32. The molecule has 16 heavy (non-hydrogen) atoms. The minimum absolute atomic E-state index is 0.175. The number of carbonyl (C=O) groups is 1. The Morgan fingerprint density at radius 1 is 1.38 bits per heavy atom. The van der Waals surface area contributed by atoms with E-state index in [0.717, 1.165) is 0 Å². The van der Waals surface area contributed by atoms with E-state index in [0.29, 0.717) is 15.4 Å². The number of alkyl halides is 3. The molecule has 0 spiro atoms. The summed E-state index contributed by atoms with van der Waals surface area (Å²) in [5.41, 5.74) is 0.385. The molecule has 1 aromatic carbocycles. The fourth-order valence-corrected chi connectivity index (χ4v) is 1.86. The van der Waals surface area contributed by atoms with Gasteiger partial charge >= 0.3 is 6.36 Å². The monoisotopic (exact) mass is 344 g/mol. The number of hydrogen-bond acceptors (Lipinski definition) is 2. The summed E-state index contributed by atoms with van der Waals surface area (Å²) >= 11 is 1.76. The first-order valence-electron chi connectivity index (χ1n) is 4.41. The van der Waals surface area contributed by atoms with Crippen LogP contribution in [0.2, 0.25) is 0 Å². The van der Waals surface area contributed by atoms with Crippen LogP contribution in [-0.2, 0) is 11.2 Å². The van der Waals surface area contributed by atoms with Gasteiger partial charge in [0.1, 0.15) is 12.0 Å². The molecule has 1 rings (SSSR count). The van der Waals surface area contributed by atoms with Crippen molar-refractivity contribution in [3.8, 4) is 5.75 Å². The maximum atomic E-state index is 12.1. The topological polar surface area (TPSA) is 26.3 Å². The molecule has 0 aliphatic carbocycles. The lowest BCUT2D eigenvalue weighted by atomic mass is 10.1. The van der Waals surface area contributed by atoms with Crippen molar-refractivity contribution in [1.82, 2.24) is 0 Å². The third kappa shape index (κ3) is 3.99. The van der Waals surface area contributed by atoms with Crippen LogP contribution in [-0.4, -0.2) is 12.6 Å². The van der Waals surface area contributed by atoms with E-state index in [4.69, 9.17) is 0 Å². The van der Waals surface area contributed by atoms with Gasteiger partial charge in [-0.25, -0.2) is 0 Å². The maximum Gasteiger partial charge on any atom is 0.573 e. The lowest BCUT2D eigenvalue weighted by Crippen LogP contribution is -2.19. The highest BCUT2D eigenvalue weighted by molar-refractivity contribution is 14.1. The number of halogens is 4. The van der Waals surface area contributed by atoms with Crippen LogP contribution >= 0.6 is 22.6 Å². The van der Waals surface area contributed by atoms with Gasteiger partial charge in [0.05, 0.1) is 3.57 Å². The van der Waals surface area contributed by atoms with Gasteiger partial charge in [-0.2, -0.15) is 0 Å². The standard InChI is InChI=1S/C10H8F3IO2/c11-10(12,13)16-9-7(4-2-6-15)3-1-5-8(9)14/h1,3,5-6H,2,4H2. The third-order valence-electron chi connectivity index (χ3n) is 1.80. The molecule has 6 heteroatoms. The molecule has 1 aromatic rings. The quantitative estimate of drug-likeness (QED) is 0.619. The lowest BCUT2D eigenvalue weighted by molar-refractivity contribution is -0.275. The van der Waals surface area contributed by atoms with Crippen molar-refractivity contribution in [3.05, 3.63) is 27.3 Å². The minimum Gasteiger partial charge on any atom is -0.404 e. The summed E-state index contributed by atoms with van der Waals surface area (Å²) < 4.78 is 40.7. The number of benzene rings is 1. The Balaban J connectivity index is 2.98. The van der Waals surface area contributed by atoms with Gasteiger partial charge in [-0.15, -0.1) is 13.2 Å². The number of carbonyl (C=O) groups excluding carboxylic acids is 1. The average molecular weight is 344 g/mol. The van der Waals surface area contributed by atoms with Gasteiger partial charge in [0, 0.05) is 6.42 Å². The predicted molar refractivity (Wildman–Crippen MR) is 60.2 cm³/mol. The molecule has 0 saturated carbocycles. The summed E-state index contributed by atoms with van der Waals surface area (Å²) in [7, 11) is 0. The largest absolute Gasteiger partial charge is 0.573 e. The van der Waals surface area contributed by atoms with Gasteiger partial charge in [-0.05, 0) is 40.6 Å². The lowest BCUT2D eigenvalue weighted by Gasteiger charge is -2.14. The molecule has 88 valence electrons. The van der Waals surface area contributed by atoms with Crippen molar-refractivity contribution in [2.24, 2.45) is 0 Å². The van der Waals surface area contributed by atoms with Crippen molar-refractivity contribution in [3.63, 3.8) is 0 Å². The molecule has 0 N–H and O–H groups in total. The number of aryl methyl sites for hydroxylation is 1. The number of aldehydes is 1. The molecule has 2 nitrogen and oxygen atoms in total. The summed E-state index contributed by atoms with van der Waals surface area (Å²) in [5.74, 6) is -0.211. The Morgan fingerprint density at radius 3 is 2.62 bits per heavy atom. The van der Waals surface area contributed by atoms with Crippen LogP contribution in [0.1, 0.15) is 12.0 Å². The Morgan fingerprint density at radius 2 is 2.06 bits per heavy atom. The van der Waals surface area contributed by atoms with Crippen LogP contribution < -0.4 is 4.74 Å². The second kappa shape index (κ2) is 5.51. The number of ether oxygens (including phenoxy) is 1. The summed E-state index contributed by atoms with van der Waals surface area (Å²) in [5, 5.41) is 0. The zero-order chi connectivity index (χ0) is 12.2. The highest BCUT2D eigenvalue weighted by Gasteiger charge is 2.32. The molecule has 0 heterocycles. The van der Waals surface area contributed by atoms with Crippen LogP contribution in [0, 0.1) is 3.57 Å². The van der Waals surface area contributed by atoms with Gasteiger partial charge in [0.25, 0.3) is 0 Å². The van der Waals surface area contributed by atoms with Crippen molar-refractivity contribution in [2.45, 2.75) is 19.2 Å². The highest BCUT2D eigenvalue weighted by Crippen LogP contribution is 2.31. The fourth-order valence-electron chi connectivity index (χ4n) is 1.19. The van der Waals surface area contributed by atoms with Crippen LogP contribution in [0.5, 0.6) is 5.75 Å². The van der Waals surface area contributed by atoms with E-state index in [9.17, 15) is 18.0 Å². The third-order valence-corrected chi connectivity index (χ3v) is 2.65. The number of hydrogen-bond donors (Lipinski definition) is 0. The summed E-state index contributed by atoms with van der Waals surface area (Å²) in [6.45, 7) is 0. The van der Waals surface area contributed by atoms with Crippen LogP contribution in [0.15, 0.2) is 18.2 Å². The summed E-state index contributed by atoms with van der Waals surface area (Å²) in [6, 6.07) is 4.67. The van der Waals surface area contributed by atoms with E-state index in [-0.39, 0.29) is 18.6 Å². The highest BCUT2D eigenvalue weighted by atomic mass is 127. The maximum absolute atomic E-state index is 12.1. The zero-order valence-corrected chi connectivity index (χ0v) is 10.2. The van der Waals surface area contributed by atoms with Gasteiger partial charge < -0.3 is 9.53 Å². The van der Waals surface area contributed by atoms with Crippen LogP contribution in [0.25, 0.3) is 0 Å². The Labute approximate surface area is 104 Å². The van der Waals surface area contributed by atoms with E-state index in [1.165, 1.54) is 12.1 Å². The fraction of sp³-hybridized carbons (Fsp3) is 0.300. The second-order valence-electron chi connectivity index (χ2n) is 2.98. The van der Waals surface area contributed by atoms with Gasteiger partial charge in [-0.3, -0.25) is 0 Å².